The van der Waals surface area contributed by atoms with Crippen molar-refractivity contribution in [1.29, 1.82) is 0 Å². The van der Waals surface area contributed by atoms with Gasteiger partial charge in [0.2, 0.25) is 5.91 Å². The van der Waals surface area contributed by atoms with Gasteiger partial charge in [0.15, 0.2) is 0 Å². The van der Waals surface area contributed by atoms with Crippen molar-refractivity contribution in [2.24, 2.45) is 0 Å². The maximum atomic E-state index is 13.2. The highest BCUT2D eigenvalue weighted by Gasteiger charge is 2.33. The smallest absolute Gasteiger partial charge is 0.272 e. The number of carbonyl (C=O) groups excluding carboxylic acids is 2. The molecule has 4 rings (SSSR count). The summed E-state index contributed by atoms with van der Waals surface area (Å²) in [6.07, 6.45) is 2.92. The first-order valence-electron chi connectivity index (χ1n) is 11.1. The molecule has 0 aliphatic carbocycles. The summed E-state index contributed by atoms with van der Waals surface area (Å²) in [7, 11) is 0. The third-order valence-corrected chi connectivity index (χ3v) is 6.04. The molecule has 172 valence electrons. The minimum atomic E-state index is -0.244. The molecule has 2 amide bonds. The second-order valence-electron chi connectivity index (χ2n) is 8.29. The lowest BCUT2D eigenvalue weighted by molar-refractivity contribution is -0.122. The number of aromatic nitrogens is 2. The van der Waals surface area contributed by atoms with Gasteiger partial charge in [-0.2, -0.15) is 5.10 Å². The topological polar surface area (TPSA) is 87.5 Å². The first-order chi connectivity index (χ1) is 15.9. The van der Waals surface area contributed by atoms with E-state index in [9.17, 15) is 14.7 Å². The Kier molecular flexibility index (Phi) is 6.99. The number of nitrogens with zero attached hydrogens (tertiary/aromatic N) is 3. The third kappa shape index (κ3) is 5.37. The number of hydrogen-bond donors (Lipinski definition) is 2. The molecule has 0 saturated heterocycles. The van der Waals surface area contributed by atoms with Crippen molar-refractivity contribution in [3.8, 4) is 17.0 Å². The monoisotopic (exact) mass is 466 g/mol. The number of hydrogen-bond acceptors (Lipinski definition) is 4. The molecule has 0 spiro atoms. The lowest BCUT2D eigenvalue weighted by Crippen LogP contribution is -2.47. The van der Waals surface area contributed by atoms with Crippen LogP contribution in [0.4, 0.5) is 0 Å². The van der Waals surface area contributed by atoms with Crippen molar-refractivity contribution in [3.63, 3.8) is 0 Å². The molecule has 1 aromatic heterocycles. The number of fused-ring (bicyclic) bond motifs is 1. The normalized spacial score (nSPS) is 15.4. The zero-order valence-electron chi connectivity index (χ0n) is 18.5. The number of halogens is 1. The fourth-order valence-corrected chi connectivity index (χ4v) is 4.18. The van der Waals surface area contributed by atoms with Gasteiger partial charge in [0, 0.05) is 23.7 Å². The van der Waals surface area contributed by atoms with Gasteiger partial charge < -0.3 is 15.3 Å². The summed E-state index contributed by atoms with van der Waals surface area (Å²) in [5.41, 5.74) is 2.89. The van der Waals surface area contributed by atoms with Crippen molar-refractivity contribution in [1.82, 2.24) is 20.0 Å². The number of benzene rings is 2. The minimum absolute atomic E-state index is 0.0116. The van der Waals surface area contributed by atoms with Crippen molar-refractivity contribution in [2.75, 3.05) is 13.1 Å². The van der Waals surface area contributed by atoms with Crippen LogP contribution in [0.1, 0.15) is 48.3 Å². The first-order valence-corrected chi connectivity index (χ1v) is 11.5. The standard InChI is InChI=1S/C25H27ClN4O3/c1-2-3-6-20-15-29(16-24(32)27-14-17-5-4-7-21(31)12-17)25(33)23-13-22(28-30(20)23)18-8-10-19(26)11-9-18/h4-5,7-13,20,31H,2-3,6,14-16H2,1H3,(H,27,32). The summed E-state index contributed by atoms with van der Waals surface area (Å²) >= 11 is 6.01. The molecule has 3 aromatic rings. The number of nitrogens with one attached hydrogen (secondary N) is 1. The van der Waals surface area contributed by atoms with Crippen LogP contribution in [-0.2, 0) is 11.3 Å². The molecule has 0 radical (unpaired) electrons. The molecule has 2 aromatic carbocycles. The van der Waals surface area contributed by atoms with Crippen LogP contribution < -0.4 is 5.32 Å². The van der Waals surface area contributed by atoms with Gasteiger partial charge in [-0.25, -0.2) is 0 Å². The van der Waals surface area contributed by atoms with Crippen LogP contribution in [0.3, 0.4) is 0 Å². The average Bonchev–Trinajstić information content (AvgIpc) is 3.25. The molecule has 2 N–H and O–H groups in total. The van der Waals surface area contributed by atoms with E-state index in [1.807, 2.05) is 22.9 Å². The van der Waals surface area contributed by atoms with Crippen LogP contribution in [0.5, 0.6) is 5.75 Å². The van der Waals surface area contributed by atoms with E-state index in [1.165, 1.54) is 0 Å². The molecule has 33 heavy (non-hydrogen) atoms. The van der Waals surface area contributed by atoms with Crippen LogP contribution in [-0.4, -0.2) is 44.7 Å². The van der Waals surface area contributed by atoms with Crippen molar-refractivity contribution in [2.45, 2.75) is 38.8 Å². The number of unbranched alkanes of at least 4 members (excludes halogenated alkanes) is 1. The van der Waals surface area contributed by atoms with Gasteiger partial charge in [0.25, 0.3) is 5.91 Å². The molecular weight excluding hydrogens is 440 g/mol. The van der Waals surface area contributed by atoms with Gasteiger partial charge in [0.05, 0.1) is 18.3 Å². The lowest BCUT2D eigenvalue weighted by Gasteiger charge is -2.33. The minimum Gasteiger partial charge on any atom is -0.508 e. The summed E-state index contributed by atoms with van der Waals surface area (Å²) in [5, 5.41) is 17.8. The Labute approximate surface area is 198 Å². The molecule has 7 nitrogen and oxygen atoms in total. The van der Waals surface area contributed by atoms with E-state index < -0.39 is 0 Å². The van der Waals surface area contributed by atoms with Crippen molar-refractivity contribution < 1.29 is 14.7 Å². The van der Waals surface area contributed by atoms with E-state index in [0.717, 1.165) is 30.4 Å². The molecule has 8 heteroatoms. The molecule has 2 heterocycles. The highest BCUT2D eigenvalue weighted by molar-refractivity contribution is 6.30. The van der Waals surface area contributed by atoms with Gasteiger partial charge in [0.1, 0.15) is 11.4 Å². The van der Waals surface area contributed by atoms with E-state index in [1.54, 1.807) is 41.3 Å². The van der Waals surface area contributed by atoms with Gasteiger partial charge in [-0.05, 0) is 42.3 Å². The van der Waals surface area contributed by atoms with Crippen molar-refractivity contribution >= 4 is 23.4 Å². The van der Waals surface area contributed by atoms with Gasteiger partial charge in [-0.1, -0.05) is 55.6 Å². The summed E-state index contributed by atoms with van der Waals surface area (Å²) in [6, 6.07) is 15.9. The Bertz CT molecular complexity index is 1140. The van der Waals surface area contributed by atoms with Gasteiger partial charge in [-0.15, -0.1) is 0 Å². The van der Waals surface area contributed by atoms with Crippen molar-refractivity contribution in [3.05, 3.63) is 70.9 Å². The Morgan fingerprint density at radius 3 is 2.73 bits per heavy atom. The fraction of sp³-hybridized carbons (Fsp3) is 0.320. The Morgan fingerprint density at radius 1 is 1.21 bits per heavy atom. The quantitative estimate of drug-likeness (QED) is 0.514. The maximum absolute atomic E-state index is 13.2. The Morgan fingerprint density at radius 2 is 2.00 bits per heavy atom. The number of carbonyl (C=O) groups is 2. The molecular formula is C25H27ClN4O3. The number of rotatable bonds is 8. The van der Waals surface area contributed by atoms with Gasteiger partial charge in [-0.3, -0.25) is 14.3 Å². The predicted octanol–water partition coefficient (Wildman–Crippen LogP) is 4.41. The zero-order valence-corrected chi connectivity index (χ0v) is 19.3. The second kappa shape index (κ2) is 10.1. The molecule has 0 saturated carbocycles. The van der Waals surface area contributed by atoms with Crippen LogP contribution >= 0.6 is 11.6 Å². The van der Waals surface area contributed by atoms with E-state index >= 15 is 0 Å². The molecule has 1 aliphatic heterocycles. The summed E-state index contributed by atoms with van der Waals surface area (Å²) in [6.45, 7) is 2.83. The third-order valence-electron chi connectivity index (χ3n) is 5.78. The maximum Gasteiger partial charge on any atom is 0.272 e. The highest BCUT2D eigenvalue weighted by Crippen LogP contribution is 2.29. The largest absolute Gasteiger partial charge is 0.508 e. The molecule has 1 atom stereocenters. The van der Waals surface area contributed by atoms with E-state index in [-0.39, 0.29) is 36.7 Å². The number of phenols is 1. The van der Waals surface area contributed by atoms with E-state index in [4.69, 9.17) is 16.7 Å². The number of aromatic hydroxyl groups is 1. The van der Waals surface area contributed by atoms with Gasteiger partial charge >= 0.3 is 0 Å². The summed E-state index contributed by atoms with van der Waals surface area (Å²) in [5.74, 6) is -0.300. The zero-order chi connectivity index (χ0) is 23.4. The Hall–Kier alpha value is -3.32. The van der Waals surface area contributed by atoms with Crippen LogP contribution in [0.15, 0.2) is 54.6 Å². The number of amides is 2. The van der Waals surface area contributed by atoms with Crippen LogP contribution in [0, 0.1) is 0 Å². The number of phenolic OH excluding ortho intramolecular Hbond substituents is 1. The summed E-state index contributed by atoms with van der Waals surface area (Å²) in [4.78, 5) is 27.4. The molecule has 1 unspecified atom stereocenters. The SMILES string of the molecule is CCCCC1CN(CC(=O)NCc2cccc(O)c2)C(=O)c2cc(-c3ccc(Cl)cc3)nn21. The first kappa shape index (κ1) is 22.9. The van der Waals surface area contributed by atoms with E-state index in [0.29, 0.717) is 23.0 Å². The second-order valence-corrected chi connectivity index (χ2v) is 8.73. The predicted molar refractivity (Wildman–Crippen MR) is 127 cm³/mol. The van der Waals surface area contributed by atoms with E-state index in [2.05, 4.69) is 12.2 Å². The summed E-state index contributed by atoms with van der Waals surface area (Å²) < 4.78 is 1.82. The fourth-order valence-electron chi connectivity index (χ4n) is 4.06. The van der Waals surface area contributed by atoms with Crippen LogP contribution in [0.25, 0.3) is 11.3 Å². The average molecular weight is 467 g/mol. The highest BCUT2D eigenvalue weighted by atomic mass is 35.5. The van der Waals surface area contributed by atoms with Crippen LogP contribution in [0.2, 0.25) is 5.02 Å². The molecule has 1 aliphatic rings. The lowest BCUT2D eigenvalue weighted by atomic mass is 10.1. The molecule has 0 bridgehead atoms. The molecule has 0 fully saturated rings. The Balaban J connectivity index is 1.50.